The molecule has 1 atom stereocenters. The summed E-state index contributed by atoms with van der Waals surface area (Å²) in [4.78, 5) is 27.3. The fourth-order valence-corrected chi connectivity index (χ4v) is 3.86. The Bertz CT molecular complexity index is 1050. The van der Waals surface area contributed by atoms with Crippen LogP contribution in [0.1, 0.15) is 22.2 Å². The zero-order valence-corrected chi connectivity index (χ0v) is 17.3. The van der Waals surface area contributed by atoms with Crippen LogP contribution in [0.4, 0.5) is 15.8 Å². The second-order valence-electron chi connectivity index (χ2n) is 7.54. The molecule has 1 N–H and O–H groups in total. The Hall–Kier alpha value is -3.72. The van der Waals surface area contributed by atoms with Gasteiger partial charge in [0.05, 0.1) is 17.2 Å². The van der Waals surface area contributed by atoms with Crippen molar-refractivity contribution in [3.05, 3.63) is 94.2 Å². The molecule has 1 fully saturated rings. The minimum Gasteiger partial charge on any atom is -0.468 e. The average molecular weight is 438 g/mol. The topological polar surface area (TPSA) is 91.9 Å². The van der Waals surface area contributed by atoms with E-state index in [0.29, 0.717) is 12.1 Å². The highest BCUT2D eigenvalue weighted by molar-refractivity contribution is 5.94. The number of halogens is 1. The molecule has 0 saturated carbocycles. The van der Waals surface area contributed by atoms with Gasteiger partial charge in [0.2, 0.25) is 0 Å². The highest BCUT2D eigenvalue weighted by atomic mass is 19.1. The van der Waals surface area contributed by atoms with E-state index in [9.17, 15) is 19.3 Å². The molecule has 0 radical (unpaired) electrons. The fraction of sp³-hybridized carbons (Fsp3) is 0.261. The summed E-state index contributed by atoms with van der Waals surface area (Å²) in [6.07, 6.45) is 1.61. The molecule has 1 aliphatic heterocycles. The lowest BCUT2D eigenvalue weighted by Crippen LogP contribution is -2.49. The molecule has 8 nitrogen and oxygen atoms in total. The van der Waals surface area contributed by atoms with Gasteiger partial charge in [-0.1, -0.05) is 0 Å². The number of nitro groups is 1. The van der Waals surface area contributed by atoms with Crippen LogP contribution in [-0.4, -0.2) is 48.5 Å². The summed E-state index contributed by atoms with van der Waals surface area (Å²) in [5.74, 6) is 0.194. The van der Waals surface area contributed by atoms with Crippen LogP contribution < -0.4 is 10.2 Å². The molecule has 0 bridgehead atoms. The van der Waals surface area contributed by atoms with Gasteiger partial charge < -0.3 is 14.6 Å². The third kappa shape index (κ3) is 4.94. The van der Waals surface area contributed by atoms with Gasteiger partial charge in [-0.05, 0) is 48.5 Å². The Balaban J connectivity index is 1.39. The number of benzene rings is 2. The van der Waals surface area contributed by atoms with E-state index in [1.807, 2.05) is 12.1 Å². The van der Waals surface area contributed by atoms with Gasteiger partial charge in [0.25, 0.3) is 11.6 Å². The lowest BCUT2D eigenvalue weighted by atomic mass is 10.1. The number of anilines is 1. The monoisotopic (exact) mass is 438 g/mol. The first-order chi connectivity index (χ1) is 15.5. The van der Waals surface area contributed by atoms with Crippen LogP contribution in [0, 0.1) is 15.9 Å². The predicted octanol–water partition coefficient (Wildman–Crippen LogP) is 3.62. The normalized spacial score (nSPS) is 15.3. The van der Waals surface area contributed by atoms with Crippen LogP contribution in [0.15, 0.2) is 71.3 Å². The number of hydrogen-bond donors (Lipinski definition) is 1. The van der Waals surface area contributed by atoms with Gasteiger partial charge in [0.15, 0.2) is 0 Å². The van der Waals surface area contributed by atoms with Crippen LogP contribution in [0.5, 0.6) is 0 Å². The minimum absolute atomic E-state index is 0.0611. The first-order valence-corrected chi connectivity index (χ1v) is 10.3. The number of hydrogen-bond acceptors (Lipinski definition) is 6. The Kier molecular flexibility index (Phi) is 6.46. The van der Waals surface area contributed by atoms with Gasteiger partial charge >= 0.3 is 0 Å². The van der Waals surface area contributed by atoms with E-state index in [2.05, 4.69) is 15.1 Å². The maximum absolute atomic E-state index is 13.2. The van der Waals surface area contributed by atoms with Crippen molar-refractivity contribution in [2.75, 3.05) is 37.6 Å². The minimum atomic E-state index is -0.500. The van der Waals surface area contributed by atoms with Crippen LogP contribution in [0.2, 0.25) is 0 Å². The maximum atomic E-state index is 13.2. The van der Waals surface area contributed by atoms with Crippen molar-refractivity contribution < 1.29 is 18.5 Å². The summed E-state index contributed by atoms with van der Waals surface area (Å²) in [7, 11) is 0. The summed E-state index contributed by atoms with van der Waals surface area (Å²) in [6.45, 7) is 3.35. The maximum Gasteiger partial charge on any atom is 0.269 e. The molecule has 9 heteroatoms. The Morgan fingerprint density at radius 1 is 1.06 bits per heavy atom. The highest BCUT2D eigenvalue weighted by Crippen LogP contribution is 2.25. The number of non-ortho nitro benzene ring substituents is 1. The summed E-state index contributed by atoms with van der Waals surface area (Å²) >= 11 is 0. The van der Waals surface area contributed by atoms with E-state index in [1.165, 1.54) is 36.4 Å². The van der Waals surface area contributed by atoms with E-state index in [-0.39, 0.29) is 23.5 Å². The second kappa shape index (κ2) is 9.61. The Morgan fingerprint density at radius 2 is 1.75 bits per heavy atom. The molecule has 1 aromatic heterocycles. The zero-order chi connectivity index (χ0) is 22.5. The number of carbonyl (C=O) groups is 1. The van der Waals surface area contributed by atoms with Gasteiger partial charge in [-0.15, -0.1) is 0 Å². The smallest absolute Gasteiger partial charge is 0.269 e. The molecule has 0 spiro atoms. The number of amides is 1. The van der Waals surface area contributed by atoms with Crippen molar-refractivity contribution >= 4 is 17.3 Å². The van der Waals surface area contributed by atoms with Gasteiger partial charge in [-0.25, -0.2) is 4.39 Å². The lowest BCUT2D eigenvalue weighted by Gasteiger charge is -2.39. The number of piperazine rings is 1. The molecule has 1 saturated heterocycles. The van der Waals surface area contributed by atoms with Crippen molar-refractivity contribution in [1.82, 2.24) is 10.2 Å². The third-order valence-corrected chi connectivity index (χ3v) is 5.61. The molecule has 32 heavy (non-hydrogen) atoms. The number of carbonyl (C=O) groups excluding carboxylic acids is 1. The molecular formula is C23H23FN4O4. The fourth-order valence-electron chi connectivity index (χ4n) is 3.86. The molecule has 1 aliphatic rings. The van der Waals surface area contributed by atoms with E-state index >= 15 is 0 Å². The molecule has 2 aromatic carbocycles. The molecule has 1 amide bonds. The van der Waals surface area contributed by atoms with Crippen molar-refractivity contribution in [3.8, 4) is 0 Å². The Labute approximate surface area is 184 Å². The summed E-state index contributed by atoms with van der Waals surface area (Å²) in [5, 5.41) is 13.7. The summed E-state index contributed by atoms with van der Waals surface area (Å²) < 4.78 is 18.8. The third-order valence-electron chi connectivity index (χ3n) is 5.61. The van der Waals surface area contributed by atoms with Crippen LogP contribution in [0.25, 0.3) is 0 Å². The summed E-state index contributed by atoms with van der Waals surface area (Å²) in [5.41, 5.74) is 1.27. The number of nitro benzene ring substituents is 1. The number of nitrogens with one attached hydrogen (secondary N) is 1. The van der Waals surface area contributed by atoms with E-state index in [4.69, 9.17) is 4.42 Å². The zero-order valence-electron chi connectivity index (χ0n) is 17.3. The molecule has 0 unspecified atom stereocenters. The van der Waals surface area contributed by atoms with Crippen LogP contribution in [-0.2, 0) is 0 Å². The van der Waals surface area contributed by atoms with Gasteiger partial charge in [0.1, 0.15) is 11.6 Å². The number of furan rings is 1. The van der Waals surface area contributed by atoms with Gasteiger partial charge in [-0.2, -0.15) is 0 Å². The van der Waals surface area contributed by atoms with Crippen molar-refractivity contribution in [3.63, 3.8) is 0 Å². The van der Waals surface area contributed by atoms with Crippen molar-refractivity contribution in [2.24, 2.45) is 0 Å². The van der Waals surface area contributed by atoms with E-state index in [0.717, 1.165) is 37.6 Å². The quantitative estimate of drug-likeness (QED) is 0.448. The standard InChI is InChI=1S/C23H23FN4O4/c24-18-5-9-19(10-6-18)26-11-13-27(14-12-26)21(22-2-1-15-32-22)16-25-23(29)17-3-7-20(8-4-17)28(30)31/h1-10,15,21H,11-14,16H2,(H,25,29)/t21-/m1/s1. The largest absolute Gasteiger partial charge is 0.468 e. The predicted molar refractivity (Wildman–Crippen MR) is 117 cm³/mol. The number of nitrogens with zero attached hydrogens (tertiary/aromatic N) is 3. The van der Waals surface area contributed by atoms with Crippen LogP contribution >= 0.6 is 0 Å². The molecular weight excluding hydrogens is 415 g/mol. The molecule has 0 aliphatic carbocycles. The van der Waals surface area contributed by atoms with Gasteiger partial charge in [0, 0.05) is 56.1 Å². The Morgan fingerprint density at radius 3 is 2.34 bits per heavy atom. The summed E-state index contributed by atoms with van der Waals surface area (Å²) in [6, 6.07) is 15.5. The van der Waals surface area contributed by atoms with Crippen LogP contribution in [0.3, 0.4) is 0 Å². The highest BCUT2D eigenvalue weighted by Gasteiger charge is 2.27. The van der Waals surface area contributed by atoms with Crippen molar-refractivity contribution in [1.29, 1.82) is 0 Å². The lowest BCUT2D eigenvalue weighted by molar-refractivity contribution is -0.384. The van der Waals surface area contributed by atoms with Gasteiger partial charge in [-0.3, -0.25) is 19.8 Å². The molecule has 2 heterocycles. The molecule has 166 valence electrons. The molecule has 3 aromatic rings. The first-order valence-electron chi connectivity index (χ1n) is 10.3. The van der Waals surface area contributed by atoms with E-state index < -0.39 is 4.92 Å². The molecule has 4 rings (SSSR count). The average Bonchev–Trinajstić information content (AvgIpc) is 3.35. The van der Waals surface area contributed by atoms with E-state index in [1.54, 1.807) is 18.4 Å². The number of rotatable bonds is 7. The second-order valence-corrected chi connectivity index (χ2v) is 7.54. The first kappa shape index (κ1) is 21.5. The van der Waals surface area contributed by atoms with Crippen molar-refractivity contribution in [2.45, 2.75) is 6.04 Å². The SMILES string of the molecule is O=C(NC[C@H](c1ccco1)N1CCN(c2ccc(F)cc2)CC1)c1ccc([N+](=O)[O-])cc1.